The van der Waals surface area contributed by atoms with Gasteiger partial charge in [0, 0.05) is 15.8 Å². The minimum Gasteiger partial charge on any atom is -0.335 e. The molecule has 0 aromatic heterocycles. The van der Waals surface area contributed by atoms with Crippen LogP contribution in [0.5, 0.6) is 0 Å². The van der Waals surface area contributed by atoms with Crippen molar-refractivity contribution in [1.82, 2.24) is 5.32 Å². The molecule has 21 heavy (non-hydrogen) atoms. The third-order valence-corrected chi connectivity index (χ3v) is 5.20. The van der Waals surface area contributed by atoms with Crippen molar-refractivity contribution in [3.63, 3.8) is 0 Å². The van der Waals surface area contributed by atoms with Crippen LogP contribution in [0, 0.1) is 0 Å². The summed E-state index contributed by atoms with van der Waals surface area (Å²) in [6, 6.07) is 16.5. The van der Waals surface area contributed by atoms with Crippen LogP contribution in [0.25, 0.3) is 0 Å². The molecule has 1 heterocycles. The molecule has 2 aliphatic rings. The van der Waals surface area contributed by atoms with Gasteiger partial charge in [-0.05, 0) is 43.5 Å². The van der Waals surface area contributed by atoms with Gasteiger partial charge in [-0.25, -0.2) is 4.79 Å². The third-order valence-electron chi connectivity index (χ3n) is 4.07. The number of para-hydroxylation sites is 2. The van der Waals surface area contributed by atoms with Gasteiger partial charge >= 0.3 is 6.03 Å². The molecule has 106 valence electrons. The number of nitrogens with one attached hydrogen (secondary N) is 1. The highest BCUT2D eigenvalue weighted by atomic mass is 32.2. The second-order valence-electron chi connectivity index (χ2n) is 5.45. The summed E-state index contributed by atoms with van der Waals surface area (Å²) in [4.78, 5) is 16.8. The molecule has 0 bridgehead atoms. The largest absolute Gasteiger partial charge is 0.335 e. The van der Waals surface area contributed by atoms with E-state index in [2.05, 4.69) is 17.4 Å². The summed E-state index contributed by atoms with van der Waals surface area (Å²) in [5, 5.41) is 3.15. The van der Waals surface area contributed by atoms with E-state index in [9.17, 15) is 4.79 Å². The fourth-order valence-electron chi connectivity index (χ4n) is 2.72. The van der Waals surface area contributed by atoms with Crippen molar-refractivity contribution >= 4 is 29.2 Å². The van der Waals surface area contributed by atoms with Gasteiger partial charge in [-0.1, -0.05) is 36.0 Å². The first-order valence-corrected chi connectivity index (χ1v) is 8.11. The number of anilines is 2. The highest BCUT2D eigenvalue weighted by Crippen LogP contribution is 2.47. The predicted molar refractivity (Wildman–Crippen MR) is 85.3 cm³/mol. The van der Waals surface area contributed by atoms with Crippen LogP contribution in [0.1, 0.15) is 19.3 Å². The van der Waals surface area contributed by atoms with Crippen molar-refractivity contribution in [1.29, 1.82) is 0 Å². The van der Waals surface area contributed by atoms with E-state index >= 15 is 0 Å². The van der Waals surface area contributed by atoms with E-state index in [0.717, 1.165) is 34.0 Å². The van der Waals surface area contributed by atoms with E-state index in [1.54, 1.807) is 11.8 Å². The lowest BCUT2D eigenvalue weighted by Gasteiger charge is -2.34. The van der Waals surface area contributed by atoms with E-state index in [1.807, 2.05) is 41.3 Å². The Morgan fingerprint density at radius 1 is 1.00 bits per heavy atom. The summed E-state index contributed by atoms with van der Waals surface area (Å²) < 4.78 is 0. The van der Waals surface area contributed by atoms with Gasteiger partial charge in [-0.2, -0.15) is 0 Å². The topological polar surface area (TPSA) is 32.3 Å². The Bertz CT molecular complexity index is 651. The van der Waals surface area contributed by atoms with E-state index in [1.165, 1.54) is 6.42 Å². The molecule has 0 saturated heterocycles. The fraction of sp³-hybridized carbons (Fsp3) is 0.235. The number of hydrogen-bond donors (Lipinski definition) is 1. The zero-order chi connectivity index (χ0) is 14.2. The number of nitrogens with zero attached hydrogens (tertiary/aromatic N) is 1. The van der Waals surface area contributed by atoms with Crippen molar-refractivity contribution in [2.45, 2.75) is 35.1 Å². The summed E-state index contributed by atoms with van der Waals surface area (Å²) >= 11 is 1.72. The van der Waals surface area contributed by atoms with Gasteiger partial charge < -0.3 is 5.32 Å². The maximum atomic E-state index is 12.7. The Morgan fingerprint density at radius 3 is 2.10 bits per heavy atom. The molecule has 2 aromatic carbocycles. The van der Waals surface area contributed by atoms with Crippen LogP contribution < -0.4 is 10.2 Å². The summed E-state index contributed by atoms with van der Waals surface area (Å²) in [6.45, 7) is 0. The minimum absolute atomic E-state index is 0.0140. The van der Waals surface area contributed by atoms with E-state index in [-0.39, 0.29) is 6.03 Å². The second kappa shape index (κ2) is 5.11. The lowest BCUT2D eigenvalue weighted by molar-refractivity contribution is 0.236. The number of benzene rings is 2. The van der Waals surface area contributed by atoms with Gasteiger partial charge in [-0.15, -0.1) is 0 Å². The van der Waals surface area contributed by atoms with Crippen molar-refractivity contribution in [2.75, 3.05) is 4.90 Å². The zero-order valence-electron chi connectivity index (χ0n) is 11.6. The van der Waals surface area contributed by atoms with Gasteiger partial charge in [-0.3, -0.25) is 4.90 Å². The maximum absolute atomic E-state index is 12.7. The molecule has 1 fully saturated rings. The number of carbonyl (C=O) groups excluding carboxylic acids is 1. The molecular weight excluding hydrogens is 280 g/mol. The first-order valence-electron chi connectivity index (χ1n) is 7.29. The molecule has 1 aliphatic carbocycles. The molecule has 0 unspecified atom stereocenters. The van der Waals surface area contributed by atoms with Gasteiger partial charge in [0.2, 0.25) is 0 Å². The van der Waals surface area contributed by atoms with Crippen LogP contribution in [0.3, 0.4) is 0 Å². The molecule has 0 atom stereocenters. The lowest BCUT2D eigenvalue weighted by Crippen LogP contribution is -2.46. The molecule has 2 amide bonds. The van der Waals surface area contributed by atoms with Gasteiger partial charge in [0.15, 0.2) is 0 Å². The molecule has 3 nitrogen and oxygen atoms in total. The van der Waals surface area contributed by atoms with E-state index in [0.29, 0.717) is 6.04 Å². The molecule has 1 saturated carbocycles. The number of rotatable bonds is 1. The summed E-state index contributed by atoms with van der Waals surface area (Å²) in [6.07, 6.45) is 3.41. The van der Waals surface area contributed by atoms with E-state index in [4.69, 9.17) is 0 Å². The molecule has 4 rings (SSSR count). The third kappa shape index (κ3) is 2.20. The normalized spacial score (nSPS) is 16.7. The smallest absolute Gasteiger partial charge is 0.326 e. The summed E-state index contributed by atoms with van der Waals surface area (Å²) in [5.41, 5.74) is 1.94. The highest BCUT2D eigenvalue weighted by Gasteiger charge is 2.30. The van der Waals surface area contributed by atoms with Crippen LogP contribution in [0.2, 0.25) is 0 Å². The van der Waals surface area contributed by atoms with Crippen LogP contribution in [0.15, 0.2) is 58.3 Å². The number of urea groups is 1. The van der Waals surface area contributed by atoms with Crippen LogP contribution >= 0.6 is 11.8 Å². The lowest BCUT2D eigenvalue weighted by atomic mass is 9.93. The fourth-order valence-corrected chi connectivity index (χ4v) is 3.77. The summed E-state index contributed by atoms with van der Waals surface area (Å²) in [5.74, 6) is 0. The average Bonchev–Trinajstić information content (AvgIpc) is 2.48. The molecule has 0 radical (unpaired) electrons. The molecular formula is C17H16N2OS. The average molecular weight is 296 g/mol. The SMILES string of the molecule is O=C(NC1CCC1)N1c2ccccc2Sc2ccccc21. The Morgan fingerprint density at radius 2 is 1.57 bits per heavy atom. The van der Waals surface area contributed by atoms with Gasteiger partial charge in [0.25, 0.3) is 0 Å². The zero-order valence-corrected chi connectivity index (χ0v) is 12.4. The molecule has 4 heteroatoms. The quantitative estimate of drug-likeness (QED) is 0.837. The number of carbonyl (C=O) groups is 1. The Hall–Kier alpha value is -1.94. The molecule has 1 N–H and O–H groups in total. The van der Waals surface area contributed by atoms with Crippen LogP contribution in [-0.4, -0.2) is 12.1 Å². The molecule has 1 aliphatic heterocycles. The van der Waals surface area contributed by atoms with Crippen LogP contribution in [0.4, 0.5) is 16.2 Å². The second-order valence-corrected chi connectivity index (χ2v) is 6.53. The summed E-state index contributed by atoms with van der Waals surface area (Å²) in [7, 11) is 0. The van der Waals surface area contributed by atoms with Crippen molar-refractivity contribution in [3.05, 3.63) is 48.5 Å². The molecule has 2 aromatic rings. The van der Waals surface area contributed by atoms with Crippen LogP contribution in [-0.2, 0) is 0 Å². The number of fused-ring (bicyclic) bond motifs is 2. The predicted octanol–water partition coefficient (Wildman–Crippen LogP) is 4.55. The standard InChI is InChI=1S/C17H16N2OS/c20-17(18-12-6-5-7-12)19-13-8-1-3-10-15(13)21-16-11-4-2-9-14(16)19/h1-4,8-12H,5-7H2,(H,18,20). The Balaban J connectivity index is 1.75. The Kier molecular flexibility index (Phi) is 3.11. The highest BCUT2D eigenvalue weighted by molar-refractivity contribution is 7.99. The van der Waals surface area contributed by atoms with Crippen molar-refractivity contribution in [2.24, 2.45) is 0 Å². The van der Waals surface area contributed by atoms with Gasteiger partial charge in [0.1, 0.15) is 0 Å². The van der Waals surface area contributed by atoms with E-state index < -0.39 is 0 Å². The first kappa shape index (κ1) is 12.8. The molecule has 0 spiro atoms. The maximum Gasteiger partial charge on any atom is 0.326 e. The number of amides is 2. The monoisotopic (exact) mass is 296 g/mol. The van der Waals surface area contributed by atoms with Crippen molar-refractivity contribution < 1.29 is 4.79 Å². The van der Waals surface area contributed by atoms with Crippen molar-refractivity contribution in [3.8, 4) is 0 Å². The minimum atomic E-state index is -0.0140. The Labute approximate surface area is 128 Å². The first-order chi connectivity index (χ1) is 10.3. The van der Waals surface area contributed by atoms with Gasteiger partial charge in [0.05, 0.1) is 11.4 Å². The number of hydrogen-bond acceptors (Lipinski definition) is 2.